The minimum atomic E-state index is 0.343. The van der Waals surface area contributed by atoms with E-state index < -0.39 is 0 Å². The van der Waals surface area contributed by atoms with Crippen LogP contribution >= 0.6 is 0 Å². The normalized spacial score (nSPS) is 43.0. The lowest BCUT2D eigenvalue weighted by Crippen LogP contribution is -2.37. The van der Waals surface area contributed by atoms with Crippen LogP contribution in [-0.2, 0) is 0 Å². The van der Waals surface area contributed by atoms with Crippen LogP contribution in [0.15, 0.2) is 0 Å². The lowest BCUT2D eigenvalue weighted by atomic mass is 9.88. The number of nitriles is 1. The smallest absolute Gasteiger partial charge is 0.0659 e. The summed E-state index contributed by atoms with van der Waals surface area (Å²) in [5, 5.41) is 12.4. The summed E-state index contributed by atoms with van der Waals surface area (Å²) >= 11 is 0. The summed E-state index contributed by atoms with van der Waals surface area (Å²) in [6.07, 6.45) is 4.91. The molecule has 0 amide bonds. The molecule has 11 heavy (non-hydrogen) atoms. The van der Waals surface area contributed by atoms with E-state index in [0.717, 1.165) is 19.0 Å². The van der Waals surface area contributed by atoms with Crippen molar-refractivity contribution in [1.82, 2.24) is 5.32 Å². The third kappa shape index (κ3) is 1.25. The molecule has 3 rings (SSSR count). The molecule has 2 saturated heterocycles. The molecule has 2 aliphatic heterocycles. The molecule has 2 heterocycles. The van der Waals surface area contributed by atoms with Crippen LogP contribution in [0.2, 0.25) is 0 Å². The molecule has 0 radical (unpaired) electrons. The minimum Gasteiger partial charge on any atom is -0.314 e. The van der Waals surface area contributed by atoms with E-state index in [9.17, 15) is 0 Å². The van der Waals surface area contributed by atoms with Gasteiger partial charge in [0.25, 0.3) is 0 Å². The second-order valence-corrected chi connectivity index (χ2v) is 3.76. The zero-order valence-electron chi connectivity index (χ0n) is 6.71. The first kappa shape index (κ1) is 7.12. The molecule has 1 N–H and O–H groups in total. The Hall–Kier alpha value is -0.550. The standard InChI is InChI=1S/C9H14N2/c10-5-7-1-3-9-4-2-8(7)6-11-9/h7-9,11H,1-4,6H2. The molecule has 60 valence electrons. The zero-order chi connectivity index (χ0) is 7.68. The number of nitrogens with zero attached hydrogens (tertiary/aromatic N) is 1. The number of hydrogen-bond donors (Lipinski definition) is 1. The van der Waals surface area contributed by atoms with Crippen molar-refractivity contribution in [2.75, 3.05) is 6.54 Å². The Morgan fingerprint density at radius 1 is 1.18 bits per heavy atom. The minimum absolute atomic E-state index is 0.343. The Morgan fingerprint density at radius 3 is 2.64 bits per heavy atom. The molecular formula is C9H14N2. The topological polar surface area (TPSA) is 35.8 Å². The van der Waals surface area contributed by atoms with E-state index in [1.165, 1.54) is 19.3 Å². The first-order chi connectivity index (χ1) is 5.40. The average molecular weight is 150 g/mol. The van der Waals surface area contributed by atoms with Crippen LogP contribution in [0.5, 0.6) is 0 Å². The zero-order valence-corrected chi connectivity index (χ0v) is 6.71. The van der Waals surface area contributed by atoms with E-state index in [4.69, 9.17) is 5.26 Å². The lowest BCUT2D eigenvalue weighted by Gasteiger charge is -2.25. The highest BCUT2D eigenvalue weighted by Gasteiger charge is 2.31. The van der Waals surface area contributed by atoms with Crippen LogP contribution in [0.1, 0.15) is 25.7 Å². The second-order valence-electron chi connectivity index (χ2n) is 3.76. The molecule has 0 aromatic rings. The van der Waals surface area contributed by atoms with Gasteiger partial charge in [-0.05, 0) is 38.1 Å². The molecule has 3 fully saturated rings. The number of nitrogens with one attached hydrogen (secondary N) is 1. The van der Waals surface area contributed by atoms with E-state index in [2.05, 4.69) is 11.4 Å². The number of fused-ring (bicyclic) bond motifs is 4. The fourth-order valence-electron chi connectivity index (χ4n) is 2.31. The maximum absolute atomic E-state index is 8.86. The summed E-state index contributed by atoms with van der Waals surface area (Å²) in [7, 11) is 0. The summed E-state index contributed by atoms with van der Waals surface area (Å²) in [5.74, 6) is 0.994. The van der Waals surface area contributed by atoms with Gasteiger partial charge in [0.05, 0.1) is 12.0 Å². The predicted molar refractivity (Wildman–Crippen MR) is 42.9 cm³/mol. The predicted octanol–water partition coefficient (Wildman–Crippen LogP) is 1.29. The van der Waals surface area contributed by atoms with Gasteiger partial charge in [0.15, 0.2) is 0 Å². The molecule has 1 aliphatic carbocycles. The van der Waals surface area contributed by atoms with Gasteiger partial charge in [-0.2, -0.15) is 5.26 Å². The number of piperidine rings is 1. The average Bonchev–Trinajstić information content (AvgIpc) is 2.36. The second kappa shape index (κ2) is 2.83. The van der Waals surface area contributed by atoms with Gasteiger partial charge >= 0.3 is 0 Å². The van der Waals surface area contributed by atoms with Crippen LogP contribution in [0, 0.1) is 23.2 Å². The van der Waals surface area contributed by atoms with Gasteiger partial charge in [-0.1, -0.05) is 0 Å². The van der Waals surface area contributed by atoms with E-state index in [-0.39, 0.29) is 0 Å². The first-order valence-corrected chi connectivity index (χ1v) is 4.53. The maximum Gasteiger partial charge on any atom is 0.0659 e. The van der Waals surface area contributed by atoms with Crippen molar-refractivity contribution in [3.8, 4) is 6.07 Å². The highest BCUT2D eigenvalue weighted by Crippen LogP contribution is 2.31. The lowest BCUT2D eigenvalue weighted by molar-refractivity contribution is 0.314. The molecule has 2 nitrogen and oxygen atoms in total. The van der Waals surface area contributed by atoms with Gasteiger partial charge in [0.2, 0.25) is 0 Å². The molecule has 2 bridgehead atoms. The molecule has 3 atom stereocenters. The number of hydrogen-bond acceptors (Lipinski definition) is 2. The Balaban J connectivity index is 2.10. The van der Waals surface area contributed by atoms with Gasteiger partial charge in [0.1, 0.15) is 0 Å². The van der Waals surface area contributed by atoms with Crippen molar-refractivity contribution >= 4 is 0 Å². The molecular weight excluding hydrogens is 136 g/mol. The fraction of sp³-hybridized carbons (Fsp3) is 0.889. The van der Waals surface area contributed by atoms with Gasteiger partial charge in [-0.3, -0.25) is 0 Å². The van der Waals surface area contributed by atoms with E-state index in [0.29, 0.717) is 11.8 Å². The highest BCUT2D eigenvalue weighted by molar-refractivity contribution is 4.96. The SMILES string of the molecule is N#CC1CCC2CCC1CN2. The van der Waals surface area contributed by atoms with Gasteiger partial charge in [0, 0.05) is 6.04 Å². The molecule has 0 spiro atoms. The Kier molecular flexibility index (Phi) is 1.83. The molecule has 3 aliphatic rings. The molecule has 0 aromatic carbocycles. The molecule has 2 heteroatoms. The Bertz CT molecular complexity index is 174. The van der Waals surface area contributed by atoms with Crippen molar-refractivity contribution in [2.24, 2.45) is 11.8 Å². The van der Waals surface area contributed by atoms with Crippen molar-refractivity contribution < 1.29 is 0 Å². The Labute approximate surface area is 67.6 Å². The summed E-state index contributed by atoms with van der Waals surface area (Å²) < 4.78 is 0. The largest absolute Gasteiger partial charge is 0.314 e. The monoisotopic (exact) mass is 150 g/mol. The molecule has 1 saturated carbocycles. The van der Waals surface area contributed by atoms with Crippen molar-refractivity contribution in [3.63, 3.8) is 0 Å². The van der Waals surface area contributed by atoms with Gasteiger partial charge in [-0.25, -0.2) is 0 Å². The van der Waals surface area contributed by atoms with Crippen molar-refractivity contribution in [3.05, 3.63) is 0 Å². The van der Waals surface area contributed by atoms with Crippen LogP contribution in [0.3, 0.4) is 0 Å². The van der Waals surface area contributed by atoms with Crippen molar-refractivity contribution in [1.29, 1.82) is 5.26 Å². The summed E-state index contributed by atoms with van der Waals surface area (Å²) in [4.78, 5) is 0. The van der Waals surface area contributed by atoms with E-state index >= 15 is 0 Å². The summed E-state index contributed by atoms with van der Waals surface area (Å²) in [6, 6.07) is 3.16. The van der Waals surface area contributed by atoms with E-state index in [1.54, 1.807) is 0 Å². The third-order valence-corrected chi connectivity index (χ3v) is 3.12. The van der Waals surface area contributed by atoms with Crippen molar-refractivity contribution in [2.45, 2.75) is 31.7 Å². The van der Waals surface area contributed by atoms with Crippen LogP contribution in [0.4, 0.5) is 0 Å². The van der Waals surface area contributed by atoms with Crippen LogP contribution < -0.4 is 5.32 Å². The van der Waals surface area contributed by atoms with Gasteiger partial charge < -0.3 is 5.32 Å². The third-order valence-electron chi connectivity index (χ3n) is 3.12. The van der Waals surface area contributed by atoms with Crippen LogP contribution in [-0.4, -0.2) is 12.6 Å². The quantitative estimate of drug-likeness (QED) is 0.564. The first-order valence-electron chi connectivity index (χ1n) is 4.53. The Morgan fingerprint density at radius 2 is 2.00 bits per heavy atom. The summed E-state index contributed by atoms with van der Waals surface area (Å²) in [6.45, 7) is 1.09. The molecule has 0 aromatic heterocycles. The van der Waals surface area contributed by atoms with Crippen LogP contribution in [0.25, 0.3) is 0 Å². The number of rotatable bonds is 0. The molecule has 3 unspecified atom stereocenters. The maximum atomic E-state index is 8.86. The fourth-order valence-corrected chi connectivity index (χ4v) is 2.31. The van der Waals surface area contributed by atoms with Gasteiger partial charge in [-0.15, -0.1) is 0 Å². The summed E-state index contributed by atoms with van der Waals surface area (Å²) in [5.41, 5.74) is 0. The highest BCUT2D eigenvalue weighted by atomic mass is 14.9. The van der Waals surface area contributed by atoms with E-state index in [1.807, 2.05) is 0 Å².